The number of carbonyl (C=O) groups is 1. The minimum Gasteiger partial charge on any atom is -0.491 e. The normalized spacial score (nSPS) is 20.3. The first kappa shape index (κ1) is 17.5. The number of alkyl halides is 5. The molecule has 1 aliphatic heterocycles. The zero-order valence-electron chi connectivity index (χ0n) is 11.9. The van der Waals surface area contributed by atoms with Crippen LogP contribution in [0.25, 0.3) is 0 Å². The Balaban J connectivity index is 1.79. The van der Waals surface area contributed by atoms with Gasteiger partial charge in [-0.05, 0) is 12.1 Å². The monoisotopic (exact) mass is 338 g/mol. The van der Waals surface area contributed by atoms with Gasteiger partial charge in [-0.3, -0.25) is 10.1 Å². The number of para-hydroxylation sites is 1. The van der Waals surface area contributed by atoms with Crippen molar-refractivity contribution < 1.29 is 31.5 Å². The first-order chi connectivity index (χ1) is 10.7. The summed E-state index contributed by atoms with van der Waals surface area (Å²) in [4.78, 5) is 11.6. The Morgan fingerprint density at radius 2 is 2.04 bits per heavy atom. The largest absolute Gasteiger partial charge is 0.491 e. The van der Waals surface area contributed by atoms with E-state index in [0.29, 0.717) is 0 Å². The van der Waals surface area contributed by atoms with E-state index < -0.39 is 42.6 Å². The fourth-order valence-corrected chi connectivity index (χ4v) is 2.19. The Morgan fingerprint density at radius 1 is 1.35 bits per heavy atom. The van der Waals surface area contributed by atoms with Gasteiger partial charge in [0.15, 0.2) is 0 Å². The van der Waals surface area contributed by atoms with Gasteiger partial charge in [-0.15, -0.1) is 0 Å². The Kier molecular flexibility index (Phi) is 5.08. The highest BCUT2D eigenvalue weighted by Crippen LogP contribution is 2.35. The summed E-state index contributed by atoms with van der Waals surface area (Å²) in [6, 6.07) is 3.69. The fraction of sp³-hybridized carbons (Fsp3) is 0.500. The van der Waals surface area contributed by atoms with E-state index in [1.807, 2.05) is 0 Å². The molecule has 1 unspecified atom stereocenters. The molecule has 1 saturated heterocycles. The van der Waals surface area contributed by atoms with Crippen molar-refractivity contribution >= 4 is 5.91 Å². The summed E-state index contributed by atoms with van der Waals surface area (Å²) in [7, 11) is 0. The maximum Gasteiger partial charge on any atom is 0.419 e. The van der Waals surface area contributed by atoms with Crippen LogP contribution in [0.2, 0.25) is 0 Å². The number of amides is 1. The third-order valence-corrected chi connectivity index (χ3v) is 3.28. The van der Waals surface area contributed by atoms with Crippen LogP contribution in [0, 0.1) is 0 Å². The summed E-state index contributed by atoms with van der Waals surface area (Å²) in [5.41, 5.74) is -0.913. The highest BCUT2D eigenvalue weighted by atomic mass is 19.4. The zero-order valence-corrected chi connectivity index (χ0v) is 11.9. The molecule has 1 aromatic rings. The van der Waals surface area contributed by atoms with Crippen LogP contribution in [0.4, 0.5) is 22.0 Å². The summed E-state index contributed by atoms with van der Waals surface area (Å²) in [5.74, 6) is -3.90. The lowest BCUT2D eigenvalue weighted by atomic mass is 10.2. The molecule has 0 saturated carbocycles. The summed E-state index contributed by atoms with van der Waals surface area (Å²) < 4.78 is 69.1. The lowest BCUT2D eigenvalue weighted by Crippen LogP contribution is -2.41. The number of hydrogen-bond donors (Lipinski definition) is 2. The molecule has 0 spiro atoms. The van der Waals surface area contributed by atoms with E-state index in [-0.39, 0.29) is 18.9 Å². The van der Waals surface area contributed by atoms with E-state index in [4.69, 9.17) is 4.74 Å². The van der Waals surface area contributed by atoms with Crippen LogP contribution in [0.1, 0.15) is 12.0 Å². The number of benzene rings is 1. The third-order valence-electron chi connectivity index (χ3n) is 3.28. The maximum absolute atomic E-state index is 12.9. The average Bonchev–Trinajstić information content (AvgIpc) is 2.83. The van der Waals surface area contributed by atoms with Gasteiger partial charge in [-0.1, -0.05) is 12.1 Å². The molecule has 1 atom stereocenters. The van der Waals surface area contributed by atoms with Crippen LogP contribution in [-0.4, -0.2) is 37.6 Å². The Morgan fingerprint density at radius 3 is 2.65 bits per heavy atom. The quantitative estimate of drug-likeness (QED) is 0.639. The molecule has 2 rings (SSSR count). The van der Waals surface area contributed by atoms with Crippen LogP contribution in [0.5, 0.6) is 5.75 Å². The van der Waals surface area contributed by atoms with Crippen LogP contribution in [-0.2, 0) is 11.0 Å². The smallest absolute Gasteiger partial charge is 0.419 e. The van der Waals surface area contributed by atoms with E-state index in [1.54, 1.807) is 0 Å². The SMILES string of the molecule is O=C(NCCOc1ccccc1C(F)(F)F)C1CC(F)(F)CN1. The van der Waals surface area contributed by atoms with Crippen molar-refractivity contribution in [3.63, 3.8) is 0 Å². The van der Waals surface area contributed by atoms with Crippen LogP contribution < -0.4 is 15.4 Å². The molecule has 4 nitrogen and oxygen atoms in total. The van der Waals surface area contributed by atoms with Crippen molar-refractivity contribution in [2.75, 3.05) is 19.7 Å². The van der Waals surface area contributed by atoms with Gasteiger partial charge in [-0.2, -0.15) is 13.2 Å². The Hall–Kier alpha value is -1.90. The molecule has 0 aromatic heterocycles. The zero-order chi connectivity index (χ0) is 17.1. The van der Waals surface area contributed by atoms with Crippen molar-refractivity contribution in [1.82, 2.24) is 10.6 Å². The number of halogens is 5. The Bertz CT molecular complexity index is 562. The molecule has 0 radical (unpaired) electrons. The van der Waals surface area contributed by atoms with E-state index in [0.717, 1.165) is 6.07 Å². The van der Waals surface area contributed by atoms with Gasteiger partial charge in [-0.25, -0.2) is 8.78 Å². The molecular formula is C14H15F5N2O2. The van der Waals surface area contributed by atoms with Crippen molar-refractivity contribution in [3.8, 4) is 5.75 Å². The van der Waals surface area contributed by atoms with E-state index >= 15 is 0 Å². The fourth-order valence-electron chi connectivity index (χ4n) is 2.19. The molecule has 1 aliphatic rings. The predicted molar refractivity (Wildman–Crippen MR) is 71.3 cm³/mol. The highest BCUT2D eigenvalue weighted by Gasteiger charge is 2.42. The Labute approximate surface area is 129 Å². The highest BCUT2D eigenvalue weighted by molar-refractivity contribution is 5.82. The predicted octanol–water partition coefficient (Wildman–Crippen LogP) is 2.20. The molecule has 1 heterocycles. The number of ether oxygens (including phenoxy) is 1. The average molecular weight is 338 g/mol. The molecule has 2 N–H and O–H groups in total. The van der Waals surface area contributed by atoms with Crippen molar-refractivity contribution in [1.29, 1.82) is 0 Å². The number of carbonyl (C=O) groups excluding carboxylic acids is 1. The first-order valence-electron chi connectivity index (χ1n) is 6.87. The number of hydrogen-bond acceptors (Lipinski definition) is 3. The lowest BCUT2D eigenvalue weighted by molar-refractivity contribution is -0.139. The van der Waals surface area contributed by atoms with Gasteiger partial charge in [0, 0.05) is 6.42 Å². The third kappa shape index (κ3) is 4.78. The standard InChI is InChI=1S/C14H15F5N2O2/c15-13(16)7-10(21-8-13)12(22)20-5-6-23-11-4-2-1-3-9(11)14(17,18)19/h1-4,10,21H,5-8H2,(H,20,22). The molecule has 1 fully saturated rings. The van der Waals surface area contributed by atoms with Crippen molar-refractivity contribution in [2.24, 2.45) is 0 Å². The van der Waals surface area contributed by atoms with Gasteiger partial charge >= 0.3 is 6.18 Å². The second kappa shape index (κ2) is 6.69. The minimum atomic E-state index is -4.54. The lowest BCUT2D eigenvalue weighted by Gasteiger charge is -2.15. The van der Waals surface area contributed by atoms with Crippen LogP contribution in [0.15, 0.2) is 24.3 Å². The minimum absolute atomic E-state index is 0.0885. The molecule has 23 heavy (non-hydrogen) atoms. The molecule has 1 aromatic carbocycles. The summed E-state index contributed by atoms with van der Waals surface area (Å²) in [6.45, 7) is -0.864. The van der Waals surface area contributed by atoms with Gasteiger partial charge in [0.2, 0.25) is 5.91 Å². The maximum atomic E-state index is 12.9. The summed E-state index contributed by atoms with van der Waals surface area (Å²) in [6.07, 6.45) is -5.14. The van der Waals surface area contributed by atoms with Gasteiger partial charge in [0.1, 0.15) is 12.4 Å². The van der Waals surface area contributed by atoms with Gasteiger partial charge in [0.25, 0.3) is 5.92 Å². The topological polar surface area (TPSA) is 50.4 Å². The van der Waals surface area contributed by atoms with E-state index in [1.165, 1.54) is 18.2 Å². The van der Waals surface area contributed by atoms with Crippen LogP contribution in [0.3, 0.4) is 0 Å². The number of nitrogens with one attached hydrogen (secondary N) is 2. The number of rotatable bonds is 5. The molecule has 0 aliphatic carbocycles. The molecule has 1 amide bonds. The molecule has 128 valence electrons. The van der Waals surface area contributed by atoms with E-state index in [2.05, 4.69) is 10.6 Å². The first-order valence-corrected chi connectivity index (χ1v) is 6.87. The molecule has 0 bridgehead atoms. The second-order valence-electron chi connectivity index (χ2n) is 5.13. The molecule has 9 heteroatoms. The van der Waals surface area contributed by atoms with Gasteiger partial charge < -0.3 is 10.1 Å². The summed E-state index contributed by atoms with van der Waals surface area (Å²) in [5, 5.41) is 4.73. The second-order valence-corrected chi connectivity index (χ2v) is 5.13. The van der Waals surface area contributed by atoms with Crippen molar-refractivity contribution in [3.05, 3.63) is 29.8 Å². The molecular weight excluding hydrogens is 323 g/mol. The van der Waals surface area contributed by atoms with Crippen LogP contribution >= 0.6 is 0 Å². The summed E-state index contributed by atoms with van der Waals surface area (Å²) >= 11 is 0. The van der Waals surface area contributed by atoms with Gasteiger partial charge in [0.05, 0.1) is 24.7 Å². The van der Waals surface area contributed by atoms with E-state index in [9.17, 15) is 26.7 Å². The van der Waals surface area contributed by atoms with Crippen molar-refractivity contribution in [2.45, 2.75) is 24.6 Å².